The fourth-order valence-electron chi connectivity index (χ4n) is 0.926. The molecule has 0 atom stereocenters. The summed E-state index contributed by atoms with van der Waals surface area (Å²) in [5, 5.41) is 0. The van der Waals surface area contributed by atoms with Crippen molar-refractivity contribution in [2.75, 3.05) is 0 Å². The van der Waals surface area contributed by atoms with E-state index in [9.17, 15) is 13.2 Å². The van der Waals surface area contributed by atoms with Crippen molar-refractivity contribution in [2.45, 2.75) is 12.5 Å². The van der Waals surface area contributed by atoms with Gasteiger partial charge in [-0.25, -0.2) is 13.2 Å². The predicted molar refractivity (Wildman–Crippen MR) is 40.6 cm³/mol. The predicted octanol–water partition coefficient (Wildman–Crippen LogP) is 2.23. The lowest BCUT2D eigenvalue weighted by atomic mass is 10.1. The fraction of sp³-hybridized carbons (Fsp3) is 0.250. The van der Waals surface area contributed by atoms with E-state index in [0.717, 1.165) is 6.07 Å². The topological polar surface area (TPSA) is 0 Å². The van der Waals surface area contributed by atoms with Gasteiger partial charge in [-0.3, -0.25) is 0 Å². The van der Waals surface area contributed by atoms with Gasteiger partial charge in [-0.2, -0.15) is 0 Å². The molecular formula is C8H6F3Si. The van der Waals surface area contributed by atoms with Crippen LogP contribution in [0.1, 0.15) is 5.56 Å². The molecule has 0 nitrogen and oxygen atoms in total. The minimum Gasteiger partial charge on any atom is -0.207 e. The van der Waals surface area contributed by atoms with Crippen LogP contribution in [-0.2, 0) is 6.42 Å². The van der Waals surface area contributed by atoms with Crippen LogP contribution in [-0.4, -0.2) is 10.2 Å². The zero-order chi connectivity index (χ0) is 9.14. The molecule has 0 aromatic heterocycles. The molecule has 0 unspecified atom stereocenters. The van der Waals surface area contributed by atoms with Crippen LogP contribution in [0.3, 0.4) is 0 Å². The molecule has 12 heavy (non-hydrogen) atoms. The van der Waals surface area contributed by atoms with E-state index in [-0.39, 0.29) is 12.0 Å². The minimum atomic E-state index is -1.13. The molecule has 0 amide bonds. The summed E-state index contributed by atoms with van der Waals surface area (Å²) in [6.45, 7) is 0. The highest BCUT2D eigenvalue weighted by Gasteiger charge is 2.09. The number of hydrogen-bond donors (Lipinski definition) is 0. The molecule has 0 aliphatic rings. The molecular weight excluding hydrogens is 181 g/mol. The van der Waals surface area contributed by atoms with Gasteiger partial charge in [0.15, 0.2) is 11.6 Å². The van der Waals surface area contributed by atoms with E-state index in [1.165, 1.54) is 0 Å². The van der Waals surface area contributed by atoms with Gasteiger partial charge in [0.05, 0.1) is 0 Å². The monoisotopic (exact) mass is 187 g/mol. The summed E-state index contributed by atoms with van der Waals surface area (Å²) in [6, 6.07) is 2.00. The Balaban J connectivity index is 3.09. The molecule has 0 bridgehead atoms. The van der Waals surface area contributed by atoms with Crippen LogP contribution in [0, 0.1) is 17.5 Å². The molecule has 0 fully saturated rings. The van der Waals surface area contributed by atoms with Crippen molar-refractivity contribution in [3.63, 3.8) is 0 Å². The first-order valence-corrected chi connectivity index (χ1v) is 4.14. The Morgan fingerprint density at radius 3 is 2.42 bits per heavy atom. The summed E-state index contributed by atoms with van der Waals surface area (Å²) in [5.74, 6) is -2.84. The third kappa shape index (κ3) is 1.88. The average molecular weight is 187 g/mol. The van der Waals surface area contributed by atoms with Gasteiger partial charge in [-0.15, -0.1) is 0 Å². The average Bonchev–Trinajstić information content (AvgIpc) is 2.00. The van der Waals surface area contributed by atoms with E-state index < -0.39 is 17.5 Å². The highest BCUT2D eigenvalue weighted by Crippen LogP contribution is 2.15. The van der Waals surface area contributed by atoms with E-state index in [2.05, 4.69) is 10.2 Å². The van der Waals surface area contributed by atoms with Crippen molar-refractivity contribution in [3.05, 3.63) is 35.1 Å². The second-order valence-electron chi connectivity index (χ2n) is 2.36. The summed E-state index contributed by atoms with van der Waals surface area (Å²) in [6.07, 6.45) is 0.275. The van der Waals surface area contributed by atoms with Gasteiger partial charge in [0, 0.05) is 16.3 Å². The highest BCUT2D eigenvalue weighted by atomic mass is 28.1. The molecule has 0 N–H and O–H groups in total. The van der Waals surface area contributed by atoms with Gasteiger partial charge in [0.1, 0.15) is 5.82 Å². The van der Waals surface area contributed by atoms with Crippen LogP contribution >= 0.6 is 0 Å². The SMILES string of the molecule is Fc1cc(F)c(F)c(CC[Si])c1. The minimum absolute atomic E-state index is 0.0579. The third-order valence-electron chi connectivity index (χ3n) is 1.46. The molecule has 3 radical (unpaired) electrons. The Morgan fingerprint density at radius 2 is 1.83 bits per heavy atom. The second kappa shape index (κ2) is 3.76. The van der Waals surface area contributed by atoms with Crippen molar-refractivity contribution >= 4 is 10.2 Å². The summed E-state index contributed by atoms with van der Waals surface area (Å²) < 4.78 is 37.8. The Hall–Kier alpha value is -0.773. The number of aryl methyl sites for hydroxylation is 1. The molecule has 0 aliphatic carbocycles. The Bertz CT molecular complexity index is 286. The molecule has 0 spiro atoms. The van der Waals surface area contributed by atoms with Crippen LogP contribution in [0.4, 0.5) is 13.2 Å². The first-order chi connectivity index (χ1) is 5.65. The second-order valence-corrected chi connectivity index (χ2v) is 2.86. The van der Waals surface area contributed by atoms with Crippen LogP contribution in [0.25, 0.3) is 0 Å². The number of halogens is 3. The Labute approximate surface area is 71.8 Å². The maximum absolute atomic E-state index is 12.8. The molecule has 0 saturated heterocycles. The van der Waals surface area contributed by atoms with Gasteiger partial charge in [-0.05, 0) is 18.1 Å². The van der Waals surface area contributed by atoms with E-state index in [1.807, 2.05) is 0 Å². The zero-order valence-corrected chi connectivity index (χ0v) is 7.20. The van der Waals surface area contributed by atoms with Gasteiger partial charge < -0.3 is 0 Å². The third-order valence-corrected chi connectivity index (χ3v) is 1.71. The van der Waals surface area contributed by atoms with Crippen LogP contribution < -0.4 is 0 Å². The smallest absolute Gasteiger partial charge is 0.162 e. The van der Waals surface area contributed by atoms with Crippen LogP contribution in [0.5, 0.6) is 0 Å². The van der Waals surface area contributed by atoms with E-state index in [0.29, 0.717) is 12.1 Å². The van der Waals surface area contributed by atoms with Crippen LogP contribution in [0.15, 0.2) is 12.1 Å². The van der Waals surface area contributed by atoms with E-state index in [1.54, 1.807) is 0 Å². The molecule has 63 valence electrons. The van der Waals surface area contributed by atoms with Crippen molar-refractivity contribution < 1.29 is 13.2 Å². The number of rotatable bonds is 2. The summed E-state index contributed by atoms with van der Waals surface area (Å²) in [7, 11) is 3.10. The standard InChI is InChI=1S/C8H6F3Si/c9-6-3-5(1-2-12)8(11)7(10)4-6/h3-4H,1-2H2. The van der Waals surface area contributed by atoms with Gasteiger partial charge >= 0.3 is 0 Å². The highest BCUT2D eigenvalue weighted by molar-refractivity contribution is 6.08. The Kier molecular flexibility index (Phi) is 2.92. The number of hydrogen-bond acceptors (Lipinski definition) is 0. The van der Waals surface area contributed by atoms with Crippen LogP contribution in [0.2, 0.25) is 6.04 Å². The molecule has 0 heterocycles. The lowest BCUT2D eigenvalue weighted by molar-refractivity contribution is 0.486. The van der Waals surface area contributed by atoms with Gasteiger partial charge in [-0.1, -0.05) is 6.04 Å². The first-order valence-electron chi connectivity index (χ1n) is 3.43. The Morgan fingerprint density at radius 1 is 1.17 bits per heavy atom. The zero-order valence-electron chi connectivity index (χ0n) is 6.20. The fourth-order valence-corrected chi connectivity index (χ4v) is 1.20. The first kappa shape index (κ1) is 9.32. The van der Waals surface area contributed by atoms with Crippen molar-refractivity contribution in [1.82, 2.24) is 0 Å². The van der Waals surface area contributed by atoms with E-state index in [4.69, 9.17) is 0 Å². The summed E-state index contributed by atoms with van der Waals surface area (Å²) >= 11 is 0. The molecule has 1 aromatic rings. The summed E-state index contributed by atoms with van der Waals surface area (Å²) in [5.41, 5.74) is 0.0579. The lowest BCUT2D eigenvalue weighted by Crippen LogP contribution is -1.96. The van der Waals surface area contributed by atoms with Crippen molar-refractivity contribution in [3.8, 4) is 0 Å². The maximum Gasteiger partial charge on any atom is 0.162 e. The molecule has 4 heteroatoms. The maximum atomic E-state index is 12.8. The molecule has 0 aliphatic heterocycles. The quantitative estimate of drug-likeness (QED) is 0.492. The largest absolute Gasteiger partial charge is 0.207 e. The molecule has 1 rings (SSSR count). The van der Waals surface area contributed by atoms with Crippen molar-refractivity contribution in [2.24, 2.45) is 0 Å². The number of benzene rings is 1. The van der Waals surface area contributed by atoms with Crippen molar-refractivity contribution in [1.29, 1.82) is 0 Å². The normalized spacial score (nSPS) is 10.3. The lowest BCUT2D eigenvalue weighted by Gasteiger charge is -2.01. The molecule has 1 aromatic carbocycles. The summed E-state index contributed by atoms with van der Waals surface area (Å²) in [4.78, 5) is 0. The van der Waals surface area contributed by atoms with E-state index >= 15 is 0 Å². The van der Waals surface area contributed by atoms with Gasteiger partial charge in [0.25, 0.3) is 0 Å². The molecule has 0 saturated carbocycles. The van der Waals surface area contributed by atoms with Gasteiger partial charge in [0.2, 0.25) is 0 Å².